The van der Waals surface area contributed by atoms with Crippen molar-refractivity contribution in [1.29, 1.82) is 5.26 Å². The van der Waals surface area contributed by atoms with E-state index >= 15 is 0 Å². The van der Waals surface area contributed by atoms with Crippen LogP contribution in [0.15, 0.2) is 46.9 Å². The largest absolute Gasteiger partial charge is 0.316 e. The number of pyridine rings is 1. The summed E-state index contributed by atoms with van der Waals surface area (Å²) in [6, 6.07) is 13.8. The molecule has 0 bridgehead atoms. The smallest absolute Gasteiger partial charge is 0.235 e. The van der Waals surface area contributed by atoms with Gasteiger partial charge >= 0.3 is 0 Å². The van der Waals surface area contributed by atoms with Crippen LogP contribution in [0.25, 0.3) is 16.6 Å². The van der Waals surface area contributed by atoms with Gasteiger partial charge in [0.2, 0.25) is 5.91 Å². The van der Waals surface area contributed by atoms with E-state index in [1.165, 1.54) is 23.1 Å². The highest BCUT2D eigenvalue weighted by Gasteiger charge is 2.14. The van der Waals surface area contributed by atoms with Gasteiger partial charge in [0.25, 0.3) is 0 Å². The molecule has 0 saturated heterocycles. The molecule has 128 valence electrons. The minimum atomic E-state index is -0.179. The summed E-state index contributed by atoms with van der Waals surface area (Å²) in [6.07, 6.45) is 0. The summed E-state index contributed by atoms with van der Waals surface area (Å²) in [4.78, 5) is 12.2. The first kappa shape index (κ1) is 16.6. The first-order valence-corrected chi connectivity index (χ1v) is 9.67. The summed E-state index contributed by atoms with van der Waals surface area (Å²) in [5.74, 6) is 0.00768. The second-order valence-corrected chi connectivity index (χ2v) is 7.49. The van der Waals surface area contributed by atoms with E-state index in [0.717, 1.165) is 22.1 Å². The Morgan fingerprint density at radius 3 is 3.04 bits per heavy atom. The van der Waals surface area contributed by atoms with E-state index in [1.807, 2.05) is 35.6 Å². The fourth-order valence-electron chi connectivity index (χ4n) is 2.76. The number of nitrogens with zero attached hydrogens (tertiary/aromatic N) is 4. The normalized spacial score (nSPS) is 10.9. The highest BCUT2D eigenvalue weighted by Crippen LogP contribution is 2.26. The van der Waals surface area contributed by atoms with E-state index in [4.69, 9.17) is 5.26 Å². The van der Waals surface area contributed by atoms with E-state index in [1.54, 1.807) is 11.4 Å². The molecule has 8 heteroatoms. The van der Waals surface area contributed by atoms with Gasteiger partial charge in [-0.05, 0) is 36.1 Å². The Balaban J connectivity index is 1.59. The van der Waals surface area contributed by atoms with Crippen LogP contribution in [-0.2, 0) is 4.79 Å². The average Bonchev–Trinajstić information content (AvgIpc) is 3.26. The molecule has 26 heavy (non-hydrogen) atoms. The van der Waals surface area contributed by atoms with Gasteiger partial charge in [-0.3, -0.25) is 9.20 Å². The summed E-state index contributed by atoms with van der Waals surface area (Å²) in [6.45, 7) is 2.05. The van der Waals surface area contributed by atoms with Crippen molar-refractivity contribution in [1.82, 2.24) is 14.6 Å². The number of hydrogen-bond donors (Lipinski definition) is 1. The van der Waals surface area contributed by atoms with E-state index in [-0.39, 0.29) is 11.7 Å². The number of fused-ring (bicyclic) bond motifs is 3. The highest BCUT2D eigenvalue weighted by atomic mass is 32.2. The zero-order valence-corrected chi connectivity index (χ0v) is 15.4. The molecule has 0 aliphatic carbocycles. The highest BCUT2D eigenvalue weighted by molar-refractivity contribution is 7.99. The number of carbonyl (C=O) groups is 1. The molecule has 0 atom stereocenters. The Morgan fingerprint density at radius 2 is 2.19 bits per heavy atom. The van der Waals surface area contributed by atoms with E-state index in [0.29, 0.717) is 15.7 Å². The molecule has 0 aliphatic heterocycles. The summed E-state index contributed by atoms with van der Waals surface area (Å²) < 4.78 is 1.96. The quantitative estimate of drug-likeness (QED) is 0.545. The van der Waals surface area contributed by atoms with Crippen molar-refractivity contribution in [2.75, 3.05) is 11.1 Å². The number of benzene rings is 1. The number of rotatable bonds is 4. The molecule has 3 aromatic heterocycles. The van der Waals surface area contributed by atoms with Crippen molar-refractivity contribution >= 4 is 50.6 Å². The van der Waals surface area contributed by atoms with Gasteiger partial charge in [-0.2, -0.15) is 5.26 Å². The third-order valence-electron chi connectivity index (χ3n) is 3.94. The van der Waals surface area contributed by atoms with Gasteiger partial charge in [0.05, 0.1) is 16.8 Å². The lowest BCUT2D eigenvalue weighted by atomic mass is 10.1. The third kappa shape index (κ3) is 2.92. The lowest BCUT2D eigenvalue weighted by Crippen LogP contribution is -2.14. The Morgan fingerprint density at radius 1 is 1.35 bits per heavy atom. The number of para-hydroxylation sites is 1. The van der Waals surface area contributed by atoms with Crippen LogP contribution in [-0.4, -0.2) is 26.3 Å². The Labute approximate surface area is 157 Å². The number of carbonyl (C=O) groups excluding carboxylic acids is 1. The maximum absolute atomic E-state index is 12.2. The van der Waals surface area contributed by atoms with E-state index in [9.17, 15) is 4.79 Å². The summed E-state index contributed by atoms with van der Waals surface area (Å²) in [5.41, 5.74) is 3.38. The van der Waals surface area contributed by atoms with Crippen molar-refractivity contribution in [3.8, 4) is 6.07 Å². The van der Waals surface area contributed by atoms with Crippen molar-refractivity contribution in [2.24, 2.45) is 0 Å². The van der Waals surface area contributed by atoms with Crippen molar-refractivity contribution in [2.45, 2.75) is 12.1 Å². The number of amides is 1. The van der Waals surface area contributed by atoms with Gasteiger partial charge in [-0.25, -0.2) is 0 Å². The molecule has 3 heterocycles. The first-order valence-electron chi connectivity index (χ1n) is 7.81. The van der Waals surface area contributed by atoms with E-state index < -0.39 is 0 Å². The maximum Gasteiger partial charge on any atom is 0.235 e. The van der Waals surface area contributed by atoms with Crippen molar-refractivity contribution in [3.63, 3.8) is 0 Å². The zero-order chi connectivity index (χ0) is 18.1. The second kappa shape index (κ2) is 6.78. The molecule has 4 rings (SSSR count). The predicted octanol–water partition coefficient (Wildman–Crippen LogP) is 3.85. The fraction of sp³-hybridized carbons (Fsp3) is 0.111. The van der Waals surface area contributed by atoms with Crippen LogP contribution in [0.1, 0.15) is 11.1 Å². The van der Waals surface area contributed by atoms with Crippen molar-refractivity contribution in [3.05, 3.63) is 52.9 Å². The molecule has 0 unspecified atom stereocenters. The summed E-state index contributed by atoms with van der Waals surface area (Å²) in [5, 5.41) is 24.4. The molecule has 0 aliphatic rings. The predicted molar refractivity (Wildman–Crippen MR) is 104 cm³/mol. The number of aryl methyl sites for hydroxylation is 1. The molecule has 0 spiro atoms. The first-order chi connectivity index (χ1) is 12.7. The van der Waals surface area contributed by atoms with Crippen LogP contribution >= 0.6 is 23.1 Å². The molecule has 0 fully saturated rings. The van der Waals surface area contributed by atoms with Gasteiger partial charge in [-0.15, -0.1) is 21.5 Å². The maximum atomic E-state index is 12.2. The van der Waals surface area contributed by atoms with Gasteiger partial charge in [-0.1, -0.05) is 30.0 Å². The minimum absolute atomic E-state index is 0.179. The fourth-order valence-corrected chi connectivity index (χ4v) is 4.26. The molecular formula is C18H13N5OS2. The van der Waals surface area contributed by atoms with E-state index in [2.05, 4.69) is 27.6 Å². The standard InChI is InChI=1S/C18H13N5OS2/c1-11-8-15-21-22-18(23(15)14-5-3-2-4-13(11)14)26-10-16(24)20-17-12(9-19)6-7-25-17/h2-8H,10H2,1H3,(H,20,24). The molecule has 0 saturated carbocycles. The molecule has 4 aromatic rings. The Bertz CT molecular complexity index is 1170. The number of hydrogen-bond acceptors (Lipinski definition) is 6. The van der Waals surface area contributed by atoms with Crippen LogP contribution < -0.4 is 5.32 Å². The monoisotopic (exact) mass is 379 g/mol. The number of thioether (sulfide) groups is 1. The molecule has 1 N–H and O–H groups in total. The molecule has 1 aromatic carbocycles. The topological polar surface area (TPSA) is 83.1 Å². The summed E-state index contributed by atoms with van der Waals surface area (Å²) >= 11 is 2.65. The number of nitrogens with one attached hydrogen (secondary N) is 1. The lowest BCUT2D eigenvalue weighted by molar-refractivity contribution is -0.113. The van der Waals surface area contributed by atoms with Crippen LogP contribution in [0.4, 0.5) is 5.00 Å². The number of nitriles is 1. The zero-order valence-electron chi connectivity index (χ0n) is 13.8. The van der Waals surface area contributed by atoms with Gasteiger partial charge in [0.15, 0.2) is 10.8 Å². The number of aromatic nitrogens is 3. The molecule has 0 radical (unpaired) electrons. The molecule has 6 nitrogen and oxygen atoms in total. The van der Waals surface area contributed by atoms with Crippen LogP contribution in [0.5, 0.6) is 0 Å². The summed E-state index contributed by atoms with van der Waals surface area (Å²) in [7, 11) is 0. The Kier molecular flexibility index (Phi) is 4.32. The average molecular weight is 379 g/mol. The Hall–Kier alpha value is -2.89. The molecular weight excluding hydrogens is 366 g/mol. The van der Waals surface area contributed by atoms with Crippen LogP contribution in [0.2, 0.25) is 0 Å². The number of anilines is 1. The van der Waals surface area contributed by atoms with Crippen LogP contribution in [0, 0.1) is 18.3 Å². The molecule has 1 amide bonds. The minimum Gasteiger partial charge on any atom is -0.316 e. The van der Waals surface area contributed by atoms with Gasteiger partial charge < -0.3 is 5.32 Å². The number of thiophene rings is 1. The SMILES string of the molecule is Cc1cc2nnc(SCC(=O)Nc3sccc3C#N)n2c2ccccc12. The second-order valence-electron chi connectivity index (χ2n) is 5.63. The third-order valence-corrected chi connectivity index (χ3v) is 5.70. The lowest BCUT2D eigenvalue weighted by Gasteiger charge is -2.07. The van der Waals surface area contributed by atoms with Gasteiger partial charge in [0, 0.05) is 5.39 Å². The van der Waals surface area contributed by atoms with Crippen LogP contribution in [0.3, 0.4) is 0 Å². The van der Waals surface area contributed by atoms with Gasteiger partial charge in [0.1, 0.15) is 11.1 Å². The van der Waals surface area contributed by atoms with Crippen molar-refractivity contribution < 1.29 is 4.79 Å².